The molecule has 1 saturated heterocycles. The quantitative estimate of drug-likeness (QED) is 0.758. The number of benzene rings is 1. The molecule has 0 saturated carbocycles. The van der Waals surface area contributed by atoms with Gasteiger partial charge in [-0.15, -0.1) is 0 Å². The van der Waals surface area contributed by atoms with Gasteiger partial charge >= 0.3 is 144 Å². The van der Waals surface area contributed by atoms with E-state index in [1.807, 2.05) is 0 Å². The molecule has 1 unspecified atom stereocenters. The number of nitrogens with zero attached hydrogens (tertiary/aromatic N) is 5. The summed E-state index contributed by atoms with van der Waals surface area (Å²) in [4.78, 5) is 4.75. The molecule has 0 aliphatic carbocycles. The second-order valence-corrected chi connectivity index (χ2v) is 10.4. The van der Waals surface area contributed by atoms with Gasteiger partial charge in [0, 0.05) is 0 Å². The topological polar surface area (TPSA) is 56.1 Å². The van der Waals surface area contributed by atoms with Crippen molar-refractivity contribution in [3.63, 3.8) is 0 Å². The summed E-state index contributed by atoms with van der Waals surface area (Å²) in [5.41, 5.74) is 2.64. The third-order valence-corrected chi connectivity index (χ3v) is 7.03. The predicted octanol–water partition coefficient (Wildman–Crippen LogP) is 1.14. The van der Waals surface area contributed by atoms with Gasteiger partial charge in [-0.2, -0.15) is 0 Å². The second-order valence-electron chi connectivity index (χ2n) is 6.33. The zero-order valence-electron chi connectivity index (χ0n) is 13.9. The van der Waals surface area contributed by atoms with Crippen LogP contribution in [0.15, 0.2) is 18.2 Å². The molecule has 23 heavy (non-hydrogen) atoms. The molecule has 6 heteroatoms. The van der Waals surface area contributed by atoms with E-state index in [0.29, 0.717) is 10.4 Å². The first-order valence-electron chi connectivity index (χ1n) is 7.99. The monoisotopic (exact) mass is 371 g/mol. The summed E-state index contributed by atoms with van der Waals surface area (Å²) in [6, 6.07) is 8.66. The van der Waals surface area contributed by atoms with E-state index in [1.165, 1.54) is 5.69 Å². The summed E-state index contributed by atoms with van der Waals surface area (Å²) in [5.74, 6) is 0. The Balaban J connectivity index is 1.99. The van der Waals surface area contributed by atoms with Crippen LogP contribution in [0.5, 0.6) is 0 Å². The molecule has 0 N–H and O–H groups in total. The van der Waals surface area contributed by atoms with Crippen molar-refractivity contribution in [2.24, 2.45) is 0 Å². The van der Waals surface area contributed by atoms with Crippen LogP contribution in [0.3, 0.4) is 0 Å². The van der Waals surface area contributed by atoms with Crippen LogP contribution in [0.2, 0.25) is 4.71 Å². The Hall–Kier alpha value is -1.63. The van der Waals surface area contributed by atoms with E-state index in [0.717, 1.165) is 41.4 Å². The summed E-state index contributed by atoms with van der Waals surface area (Å²) in [7, 11) is 2.16. The maximum absolute atomic E-state index is 9.33. The van der Waals surface area contributed by atoms with Gasteiger partial charge in [0.1, 0.15) is 0 Å². The van der Waals surface area contributed by atoms with Crippen LogP contribution < -0.4 is 9.25 Å². The molecule has 0 bridgehead atoms. The fraction of sp³-hybridized carbons (Fsp3) is 0.471. The number of hydrogen-bond donors (Lipinski definition) is 0. The standard InChI is InChI=1S/C17H22AsN5/c1-12(2)18-17-14-5-4-13(23-8-6-22(3)7-9-23)10-15(14)20-21-16(17)11-19/h4-5,10,12,18H,6-9H2,1-3H3. The molecule has 0 spiro atoms. The fourth-order valence-corrected chi connectivity index (χ4v) is 5.36. The van der Waals surface area contributed by atoms with Crippen molar-refractivity contribution < 1.29 is 0 Å². The molecule has 0 amide bonds. The van der Waals surface area contributed by atoms with Gasteiger partial charge in [0.05, 0.1) is 0 Å². The number of fused-ring (bicyclic) bond motifs is 1. The second kappa shape index (κ2) is 6.86. The summed E-state index contributed by atoms with van der Waals surface area (Å²) in [6.45, 7) is 8.68. The third kappa shape index (κ3) is 3.49. The molecular formula is C17H22AsN5. The summed E-state index contributed by atoms with van der Waals surface area (Å²) >= 11 is -0.388. The SMILES string of the molecule is CC(C)[AsH]c1c(C#N)nnc2cc(N3CCN(C)CC3)ccc12. The van der Waals surface area contributed by atoms with Crippen molar-refractivity contribution in [3.05, 3.63) is 23.9 Å². The van der Waals surface area contributed by atoms with Crippen molar-refractivity contribution in [2.75, 3.05) is 38.1 Å². The zero-order chi connectivity index (χ0) is 16.4. The maximum atomic E-state index is 9.33. The molecule has 5 nitrogen and oxygen atoms in total. The molecule has 0 radical (unpaired) electrons. The predicted molar refractivity (Wildman–Crippen MR) is 95.8 cm³/mol. The van der Waals surface area contributed by atoms with Crippen LogP contribution in [0.25, 0.3) is 10.9 Å². The van der Waals surface area contributed by atoms with Gasteiger partial charge in [0.25, 0.3) is 0 Å². The van der Waals surface area contributed by atoms with E-state index in [4.69, 9.17) is 0 Å². The van der Waals surface area contributed by atoms with E-state index in [2.05, 4.69) is 65.2 Å². The number of likely N-dealkylation sites (N-methyl/N-ethyl adjacent to an activating group) is 1. The van der Waals surface area contributed by atoms with Crippen LogP contribution in [-0.4, -0.2) is 64.1 Å². The van der Waals surface area contributed by atoms with E-state index >= 15 is 0 Å². The first-order valence-corrected chi connectivity index (χ1v) is 10.2. The Morgan fingerprint density at radius 2 is 1.91 bits per heavy atom. The summed E-state index contributed by atoms with van der Waals surface area (Å²) in [6.07, 6.45) is 0. The first-order chi connectivity index (χ1) is 11.1. The molecule has 120 valence electrons. The van der Waals surface area contributed by atoms with Crippen molar-refractivity contribution in [1.29, 1.82) is 5.26 Å². The van der Waals surface area contributed by atoms with Crippen LogP contribution in [0.1, 0.15) is 19.5 Å². The molecule has 1 aromatic heterocycles. The number of rotatable bonds is 3. The summed E-state index contributed by atoms with van der Waals surface area (Å²) in [5, 5.41) is 18.9. The van der Waals surface area contributed by atoms with E-state index in [1.54, 1.807) is 0 Å². The Bertz CT molecular complexity index is 744. The van der Waals surface area contributed by atoms with Crippen LogP contribution >= 0.6 is 0 Å². The van der Waals surface area contributed by atoms with E-state index in [-0.39, 0.29) is 15.8 Å². The number of anilines is 1. The minimum atomic E-state index is -0.388. The number of hydrogen-bond acceptors (Lipinski definition) is 5. The van der Waals surface area contributed by atoms with E-state index in [9.17, 15) is 5.26 Å². The van der Waals surface area contributed by atoms with Gasteiger partial charge in [-0.25, -0.2) is 0 Å². The summed E-state index contributed by atoms with van der Waals surface area (Å²) < 4.78 is 1.75. The number of aromatic nitrogens is 2. The van der Waals surface area contributed by atoms with Gasteiger partial charge < -0.3 is 0 Å². The van der Waals surface area contributed by atoms with Crippen LogP contribution in [0.4, 0.5) is 5.69 Å². The average Bonchev–Trinajstić information content (AvgIpc) is 2.55. The fourth-order valence-electron chi connectivity index (χ4n) is 2.87. The molecule has 2 heterocycles. The third-order valence-electron chi connectivity index (χ3n) is 4.15. The van der Waals surface area contributed by atoms with E-state index < -0.39 is 0 Å². The van der Waals surface area contributed by atoms with Crippen LogP contribution in [-0.2, 0) is 0 Å². The Labute approximate surface area is 144 Å². The first kappa shape index (κ1) is 16.2. The number of piperazine rings is 1. The van der Waals surface area contributed by atoms with Gasteiger partial charge in [0.15, 0.2) is 0 Å². The number of nitriles is 1. The van der Waals surface area contributed by atoms with Gasteiger partial charge in [-0.05, 0) is 0 Å². The molecular weight excluding hydrogens is 349 g/mol. The van der Waals surface area contributed by atoms with Gasteiger partial charge in [-0.1, -0.05) is 0 Å². The Kier molecular flexibility index (Phi) is 4.84. The average molecular weight is 371 g/mol. The molecule has 2 aromatic rings. The van der Waals surface area contributed by atoms with Crippen molar-refractivity contribution in [3.8, 4) is 6.07 Å². The Morgan fingerprint density at radius 3 is 2.57 bits per heavy atom. The van der Waals surface area contributed by atoms with Crippen LogP contribution in [0, 0.1) is 11.3 Å². The molecule has 1 atom stereocenters. The van der Waals surface area contributed by atoms with Crippen molar-refractivity contribution in [1.82, 2.24) is 15.1 Å². The molecule has 1 fully saturated rings. The Morgan fingerprint density at radius 1 is 1.17 bits per heavy atom. The van der Waals surface area contributed by atoms with Crippen molar-refractivity contribution >= 4 is 36.7 Å². The van der Waals surface area contributed by atoms with Gasteiger partial charge in [-0.3, -0.25) is 0 Å². The molecule has 1 aromatic carbocycles. The molecule has 3 rings (SSSR count). The zero-order valence-corrected chi connectivity index (χ0v) is 16.0. The molecule has 1 aliphatic heterocycles. The minimum absolute atomic E-state index is 0.388. The van der Waals surface area contributed by atoms with Gasteiger partial charge in [0.2, 0.25) is 0 Å². The van der Waals surface area contributed by atoms with Crippen molar-refractivity contribution in [2.45, 2.75) is 18.6 Å². The normalized spacial score (nSPS) is 16.6. The molecule has 1 aliphatic rings.